The predicted octanol–water partition coefficient (Wildman–Crippen LogP) is 5.43. The number of hydrogen-bond donors (Lipinski definition) is 2. The van der Waals surface area contributed by atoms with Crippen LogP contribution in [0.1, 0.15) is 25.0 Å². The molecule has 0 bridgehead atoms. The fraction of sp³-hybridized carbons (Fsp3) is 0.240. The van der Waals surface area contributed by atoms with Gasteiger partial charge in [0.25, 0.3) is 0 Å². The first-order chi connectivity index (χ1) is 15.7. The molecule has 1 aliphatic heterocycles. The Hall–Kier alpha value is -2.93. The van der Waals surface area contributed by atoms with Crippen molar-refractivity contribution in [2.24, 2.45) is 7.05 Å². The second-order valence-corrected chi connectivity index (χ2v) is 9.81. The number of hydrogen-bond acceptors (Lipinski definition) is 5. The standard InChI is InChI=1S/C25H23Cl2N5O/c1-25(2)13-28-10-14-9-15(7-8-18(14)25)30-24-29-11-16-22(33)17(12-32(3)23(16)31-24)21-19(26)5-4-6-20(21)27/h4-9,11-12,28H,10,13H2,1-3H3,(H,29,30,31). The Bertz CT molecular complexity index is 1440. The highest BCUT2D eigenvalue weighted by Crippen LogP contribution is 2.34. The fourth-order valence-corrected chi connectivity index (χ4v) is 5.07. The van der Waals surface area contributed by atoms with Crippen molar-refractivity contribution in [1.82, 2.24) is 19.9 Å². The molecule has 5 rings (SSSR count). The summed E-state index contributed by atoms with van der Waals surface area (Å²) in [7, 11) is 1.83. The van der Waals surface area contributed by atoms with Crippen LogP contribution >= 0.6 is 23.2 Å². The van der Waals surface area contributed by atoms with E-state index in [1.165, 1.54) is 11.1 Å². The number of rotatable bonds is 3. The molecule has 8 heteroatoms. The Morgan fingerprint density at radius 3 is 2.67 bits per heavy atom. The number of anilines is 2. The summed E-state index contributed by atoms with van der Waals surface area (Å²) in [6.45, 7) is 6.26. The first-order valence-electron chi connectivity index (χ1n) is 10.7. The van der Waals surface area contributed by atoms with Crippen molar-refractivity contribution < 1.29 is 0 Å². The number of benzene rings is 2. The highest BCUT2D eigenvalue weighted by molar-refractivity contribution is 6.39. The van der Waals surface area contributed by atoms with Gasteiger partial charge in [0, 0.05) is 54.8 Å². The molecule has 3 heterocycles. The van der Waals surface area contributed by atoms with Gasteiger partial charge in [-0.3, -0.25) is 4.79 Å². The van der Waals surface area contributed by atoms with Gasteiger partial charge >= 0.3 is 0 Å². The smallest absolute Gasteiger partial charge is 0.229 e. The molecule has 0 saturated carbocycles. The van der Waals surface area contributed by atoms with Gasteiger partial charge in [-0.15, -0.1) is 0 Å². The van der Waals surface area contributed by atoms with Crippen molar-refractivity contribution in [3.63, 3.8) is 0 Å². The van der Waals surface area contributed by atoms with E-state index in [2.05, 4.69) is 46.6 Å². The first-order valence-corrected chi connectivity index (χ1v) is 11.4. The van der Waals surface area contributed by atoms with Crippen molar-refractivity contribution in [3.05, 3.63) is 80.2 Å². The Morgan fingerprint density at radius 2 is 1.91 bits per heavy atom. The Kier molecular flexibility index (Phi) is 5.40. The summed E-state index contributed by atoms with van der Waals surface area (Å²) in [5, 5.41) is 7.98. The van der Waals surface area contributed by atoms with E-state index in [-0.39, 0.29) is 10.8 Å². The predicted molar refractivity (Wildman–Crippen MR) is 135 cm³/mol. The van der Waals surface area contributed by atoms with Crippen LogP contribution in [0.2, 0.25) is 10.0 Å². The average molecular weight is 480 g/mol. The lowest BCUT2D eigenvalue weighted by atomic mass is 9.79. The second-order valence-electron chi connectivity index (χ2n) is 8.99. The maximum absolute atomic E-state index is 13.2. The van der Waals surface area contributed by atoms with Crippen molar-refractivity contribution in [2.75, 3.05) is 11.9 Å². The third-order valence-electron chi connectivity index (χ3n) is 6.12. The molecule has 33 heavy (non-hydrogen) atoms. The van der Waals surface area contributed by atoms with Crippen molar-refractivity contribution in [2.45, 2.75) is 25.8 Å². The van der Waals surface area contributed by atoms with Gasteiger partial charge < -0.3 is 15.2 Å². The van der Waals surface area contributed by atoms with Gasteiger partial charge in [-0.2, -0.15) is 4.98 Å². The van der Waals surface area contributed by atoms with Crippen LogP contribution in [-0.2, 0) is 19.0 Å². The number of nitrogens with one attached hydrogen (secondary N) is 2. The Morgan fingerprint density at radius 1 is 1.15 bits per heavy atom. The Balaban J connectivity index is 1.54. The number of pyridine rings is 1. The molecule has 0 saturated heterocycles. The van der Waals surface area contributed by atoms with Gasteiger partial charge in [-0.05, 0) is 35.4 Å². The lowest BCUT2D eigenvalue weighted by molar-refractivity contribution is 0.435. The van der Waals surface area contributed by atoms with E-state index < -0.39 is 0 Å². The van der Waals surface area contributed by atoms with E-state index in [1.807, 2.05) is 13.1 Å². The van der Waals surface area contributed by atoms with Crippen LogP contribution in [0.15, 0.2) is 53.6 Å². The van der Waals surface area contributed by atoms with E-state index in [4.69, 9.17) is 23.2 Å². The average Bonchev–Trinajstić information content (AvgIpc) is 2.76. The summed E-state index contributed by atoms with van der Waals surface area (Å²) < 4.78 is 1.79. The van der Waals surface area contributed by atoms with Gasteiger partial charge in [0.15, 0.2) is 0 Å². The van der Waals surface area contributed by atoms with Gasteiger partial charge in [-0.1, -0.05) is 49.2 Å². The number of aryl methyl sites for hydroxylation is 1. The van der Waals surface area contributed by atoms with Crippen LogP contribution < -0.4 is 16.1 Å². The van der Waals surface area contributed by atoms with Crippen LogP contribution in [0, 0.1) is 0 Å². The van der Waals surface area contributed by atoms with Crippen molar-refractivity contribution >= 4 is 45.9 Å². The maximum atomic E-state index is 13.2. The summed E-state index contributed by atoms with van der Waals surface area (Å²) in [5.41, 5.74) is 4.82. The molecule has 0 spiro atoms. The van der Waals surface area contributed by atoms with Gasteiger partial charge in [0.05, 0.1) is 15.4 Å². The van der Waals surface area contributed by atoms with Crippen LogP contribution in [0.25, 0.3) is 22.2 Å². The monoisotopic (exact) mass is 479 g/mol. The molecular weight excluding hydrogens is 457 g/mol. The number of fused-ring (bicyclic) bond motifs is 2. The van der Waals surface area contributed by atoms with Crippen molar-refractivity contribution in [1.29, 1.82) is 0 Å². The summed E-state index contributed by atoms with van der Waals surface area (Å²) in [6, 6.07) is 11.5. The minimum absolute atomic E-state index is 0.0894. The fourth-order valence-electron chi connectivity index (χ4n) is 4.47. The molecule has 2 aromatic heterocycles. The largest absolute Gasteiger partial charge is 0.335 e. The molecule has 2 aromatic carbocycles. The summed E-state index contributed by atoms with van der Waals surface area (Å²) in [4.78, 5) is 22.3. The summed E-state index contributed by atoms with van der Waals surface area (Å²) in [6.07, 6.45) is 3.26. The molecule has 0 radical (unpaired) electrons. The molecule has 0 atom stereocenters. The molecule has 168 valence electrons. The van der Waals surface area contributed by atoms with Gasteiger partial charge in [-0.25, -0.2) is 4.98 Å². The lowest BCUT2D eigenvalue weighted by Crippen LogP contribution is -2.38. The third-order valence-corrected chi connectivity index (χ3v) is 6.75. The van der Waals surface area contributed by atoms with Crippen molar-refractivity contribution in [3.8, 4) is 11.1 Å². The molecule has 1 aliphatic rings. The van der Waals surface area contributed by atoms with Crippen LogP contribution in [0.5, 0.6) is 0 Å². The second kappa shape index (κ2) is 8.13. The topological polar surface area (TPSA) is 71.8 Å². The number of nitrogens with zero attached hydrogens (tertiary/aromatic N) is 3. The van der Waals surface area contributed by atoms with E-state index in [1.54, 1.807) is 35.2 Å². The zero-order valence-electron chi connectivity index (χ0n) is 18.5. The molecule has 4 aromatic rings. The van der Waals surface area contributed by atoms with Crippen LogP contribution in [0.3, 0.4) is 0 Å². The van der Waals surface area contributed by atoms with E-state index in [0.717, 1.165) is 18.8 Å². The molecular formula is C25H23Cl2N5O. The normalized spacial score (nSPS) is 14.8. The summed E-state index contributed by atoms with van der Waals surface area (Å²) in [5.74, 6) is 0.420. The molecule has 0 amide bonds. The van der Waals surface area contributed by atoms with Crippen LogP contribution in [-0.4, -0.2) is 21.1 Å². The van der Waals surface area contributed by atoms with Crippen LogP contribution in [0.4, 0.5) is 11.6 Å². The number of aromatic nitrogens is 3. The molecule has 2 N–H and O–H groups in total. The first kappa shape index (κ1) is 21.9. The van der Waals surface area contributed by atoms with Gasteiger partial charge in [0.1, 0.15) is 5.65 Å². The zero-order valence-corrected chi connectivity index (χ0v) is 20.1. The summed E-state index contributed by atoms with van der Waals surface area (Å²) >= 11 is 12.7. The van der Waals surface area contributed by atoms with Gasteiger partial charge in [0.2, 0.25) is 11.4 Å². The third kappa shape index (κ3) is 3.88. The molecule has 6 nitrogen and oxygen atoms in total. The molecule has 0 fully saturated rings. The SMILES string of the molecule is Cn1cc(-c2c(Cl)cccc2Cl)c(=O)c2cnc(Nc3ccc4c(c3)CNCC4(C)C)nc21. The zero-order chi connectivity index (χ0) is 23.3. The van der Waals surface area contributed by atoms with E-state index in [9.17, 15) is 4.79 Å². The minimum Gasteiger partial charge on any atom is -0.335 e. The highest BCUT2D eigenvalue weighted by Gasteiger charge is 2.27. The molecule has 0 aliphatic carbocycles. The quantitative estimate of drug-likeness (QED) is 0.410. The maximum Gasteiger partial charge on any atom is 0.229 e. The number of halogens is 2. The van der Waals surface area contributed by atoms with E-state index >= 15 is 0 Å². The Labute approximate surface area is 201 Å². The minimum atomic E-state index is -0.216. The lowest BCUT2D eigenvalue weighted by Gasteiger charge is -2.33. The highest BCUT2D eigenvalue weighted by atomic mass is 35.5. The van der Waals surface area contributed by atoms with E-state index in [0.29, 0.717) is 38.2 Å². The molecule has 0 unspecified atom stereocenters.